The van der Waals surface area contributed by atoms with Gasteiger partial charge < -0.3 is 14.4 Å². The van der Waals surface area contributed by atoms with Gasteiger partial charge in [-0.3, -0.25) is 4.79 Å². The summed E-state index contributed by atoms with van der Waals surface area (Å²) < 4.78 is 12.9. The second kappa shape index (κ2) is 9.57. The highest BCUT2D eigenvalue weighted by Crippen LogP contribution is 2.37. The van der Waals surface area contributed by atoms with Gasteiger partial charge in [-0.1, -0.05) is 6.92 Å². The third-order valence-corrected chi connectivity index (χ3v) is 7.12. The zero-order chi connectivity index (χ0) is 24.4. The number of fused-ring (bicyclic) bond motifs is 1. The number of anilines is 1. The van der Waals surface area contributed by atoms with Gasteiger partial charge >= 0.3 is 5.97 Å². The molecule has 4 heterocycles. The number of carbonyl (C=O) groups is 1. The quantitative estimate of drug-likeness (QED) is 0.441. The fourth-order valence-corrected chi connectivity index (χ4v) is 4.72. The summed E-state index contributed by atoms with van der Waals surface area (Å²) in [5, 5.41) is 13.9. The minimum absolute atomic E-state index is 0.0297. The lowest BCUT2D eigenvalue weighted by atomic mass is 9.77. The van der Waals surface area contributed by atoms with Crippen LogP contribution in [-0.4, -0.2) is 46.9 Å². The summed E-state index contributed by atoms with van der Waals surface area (Å²) in [4.78, 5) is 19.3. The average Bonchev–Trinajstić information content (AvgIpc) is 3.60. The predicted molar refractivity (Wildman–Crippen MR) is 132 cm³/mol. The van der Waals surface area contributed by atoms with Crippen LogP contribution in [0.2, 0.25) is 0 Å². The first kappa shape index (κ1) is 23.2. The number of hydrogen-bond donors (Lipinski definition) is 0. The van der Waals surface area contributed by atoms with E-state index in [1.807, 2.05) is 31.3 Å². The number of pyridine rings is 2. The molecule has 2 aliphatic rings. The lowest BCUT2D eigenvalue weighted by molar-refractivity contribution is -0.147. The van der Waals surface area contributed by atoms with Crippen molar-refractivity contribution in [2.45, 2.75) is 46.0 Å². The second-order valence-electron chi connectivity index (χ2n) is 9.99. The molecule has 1 saturated heterocycles. The number of nitrogens with zero attached hydrogens (tertiary/aromatic N) is 5. The van der Waals surface area contributed by atoms with Crippen molar-refractivity contribution >= 4 is 17.3 Å². The number of rotatable bonds is 8. The van der Waals surface area contributed by atoms with E-state index in [1.165, 1.54) is 12.8 Å². The number of hydrogen-bond acceptors (Lipinski definition) is 7. The molecule has 0 spiro atoms. The molecular formula is C27H31N5O3. The molecule has 0 bridgehead atoms. The van der Waals surface area contributed by atoms with Gasteiger partial charge in [0, 0.05) is 30.4 Å². The van der Waals surface area contributed by atoms with Gasteiger partial charge in [0.2, 0.25) is 0 Å². The predicted octanol–water partition coefficient (Wildman–Crippen LogP) is 4.62. The largest absolute Gasteiger partial charge is 0.492 e. The van der Waals surface area contributed by atoms with Crippen LogP contribution in [0, 0.1) is 22.7 Å². The molecule has 8 heteroatoms. The van der Waals surface area contributed by atoms with Crippen LogP contribution in [0.1, 0.15) is 51.5 Å². The molecule has 1 aliphatic carbocycles. The Balaban J connectivity index is 1.28. The molecule has 182 valence electrons. The summed E-state index contributed by atoms with van der Waals surface area (Å²) in [6.07, 6.45) is 9.92. The topological polar surface area (TPSA) is 92.7 Å². The normalized spacial score (nSPS) is 17.2. The Morgan fingerprint density at radius 3 is 2.71 bits per heavy atom. The van der Waals surface area contributed by atoms with Crippen molar-refractivity contribution in [2.75, 3.05) is 31.2 Å². The molecule has 0 N–H and O–H groups in total. The minimum Gasteiger partial charge on any atom is -0.492 e. The highest BCUT2D eigenvalue weighted by atomic mass is 16.5. The maximum absolute atomic E-state index is 12.3. The van der Waals surface area contributed by atoms with Crippen LogP contribution in [0.15, 0.2) is 36.8 Å². The number of carbonyl (C=O) groups excluding carboxylic acids is 1. The first-order valence-corrected chi connectivity index (χ1v) is 12.4. The summed E-state index contributed by atoms with van der Waals surface area (Å²) in [5.41, 5.74) is 2.99. The average molecular weight is 474 g/mol. The summed E-state index contributed by atoms with van der Waals surface area (Å²) in [5.74, 6) is 2.14. The molecule has 0 radical (unpaired) electrons. The van der Waals surface area contributed by atoms with Crippen LogP contribution in [0.25, 0.3) is 16.6 Å². The fourth-order valence-electron chi connectivity index (χ4n) is 4.72. The molecule has 8 nitrogen and oxygen atoms in total. The summed E-state index contributed by atoms with van der Waals surface area (Å²) in [7, 11) is 0. The molecule has 5 rings (SSSR count). The highest BCUT2D eigenvalue weighted by molar-refractivity contribution is 5.85. The van der Waals surface area contributed by atoms with Crippen LogP contribution in [-0.2, 0) is 9.53 Å². The van der Waals surface area contributed by atoms with E-state index in [-0.39, 0.29) is 11.4 Å². The van der Waals surface area contributed by atoms with Crippen molar-refractivity contribution in [3.8, 4) is 22.9 Å². The third kappa shape index (κ3) is 5.09. The maximum Gasteiger partial charge on any atom is 0.306 e. The lowest BCUT2D eigenvalue weighted by Gasteiger charge is -2.39. The Kier molecular flexibility index (Phi) is 6.33. The van der Waals surface area contributed by atoms with Crippen LogP contribution >= 0.6 is 0 Å². The van der Waals surface area contributed by atoms with E-state index >= 15 is 0 Å². The first-order chi connectivity index (χ1) is 17.0. The van der Waals surface area contributed by atoms with E-state index < -0.39 is 0 Å². The molecule has 0 atom stereocenters. The number of ether oxygens (including phenoxy) is 2. The number of nitriles is 1. The van der Waals surface area contributed by atoms with Crippen molar-refractivity contribution in [2.24, 2.45) is 11.3 Å². The number of esters is 1. The van der Waals surface area contributed by atoms with E-state index in [1.54, 1.807) is 16.9 Å². The van der Waals surface area contributed by atoms with Crippen LogP contribution in [0.4, 0.5) is 5.82 Å². The smallest absolute Gasteiger partial charge is 0.306 e. The van der Waals surface area contributed by atoms with Gasteiger partial charge in [-0.15, -0.1) is 0 Å². The molecule has 3 aromatic rings. The SMILES string of the molecule is CCOc1cc(-c2ccc(N3CCC(C)(CC(=O)OCC4CC4)CC3)nc2)c2c(C#N)cnn2c1. The minimum atomic E-state index is -0.0625. The van der Waals surface area contributed by atoms with Crippen molar-refractivity contribution < 1.29 is 14.3 Å². The van der Waals surface area contributed by atoms with Gasteiger partial charge in [0.1, 0.15) is 17.6 Å². The van der Waals surface area contributed by atoms with Crippen molar-refractivity contribution in [3.05, 3.63) is 42.4 Å². The molecule has 0 unspecified atom stereocenters. The van der Waals surface area contributed by atoms with E-state index in [2.05, 4.69) is 23.0 Å². The molecule has 35 heavy (non-hydrogen) atoms. The van der Waals surface area contributed by atoms with Gasteiger partial charge in [0.15, 0.2) is 0 Å². The lowest BCUT2D eigenvalue weighted by Crippen LogP contribution is -2.40. The van der Waals surface area contributed by atoms with Crippen molar-refractivity contribution in [1.29, 1.82) is 5.26 Å². The van der Waals surface area contributed by atoms with Gasteiger partial charge in [-0.2, -0.15) is 10.4 Å². The Bertz CT molecular complexity index is 1250. The fraction of sp³-hybridized carbons (Fsp3) is 0.481. The van der Waals surface area contributed by atoms with E-state index in [4.69, 9.17) is 14.5 Å². The van der Waals surface area contributed by atoms with E-state index in [0.29, 0.717) is 36.9 Å². The van der Waals surface area contributed by atoms with Gasteiger partial charge in [-0.05, 0) is 62.1 Å². The highest BCUT2D eigenvalue weighted by Gasteiger charge is 2.34. The summed E-state index contributed by atoms with van der Waals surface area (Å²) in [6, 6.07) is 8.22. The van der Waals surface area contributed by atoms with E-state index in [9.17, 15) is 10.1 Å². The maximum atomic E-state index is 12.3. The first-order valence-electron chi connectivity index (χ1n) is 12.4. The van der Waals surface area contributed by atoms with Gasteiger partial charge in [0.05, 0.1) is 43.1 Å². The zero-order valence-corrected chi connectivity index (χ0v) is 20.4. The Labute approximate surface area is 205 Å². The molecule has 1 saturated carbocycles. The van der Waals surface area contributed by atoms with Crippen LogP contribution in [0.5, 0.6) is 5.75 Å². The Hall–Kier alpha value is -3.60. The standard InChI is InChI=1S/C27H31N5O3/c1-3-34-22-12-23(26-21(14-28)16-30-32(26)17-22)20-6-7-24(29-15-20)31-10-8-27(2,9-11-31)13-25(33)35-18-19-4-5-19/h6-7,12,15-17,19H,3-5,8-11,13,18H2,1-2H3. The molecule has 0 amide bonds. The van der Waals surface area contributed by atoms with Gasteiger partial charge in [0.25, 0.3) is 0 Å². The monoisotopic (exact) mass is 473 g/mol. The third-order valence-electron chi connectivity index (χ3n) is 7.12. The zero-order valence-electron chi connectivity index (χ0n) is 20.4. The van der Waals surface area contributed by atoms with Crippen LogP contribution in [0.3, 0.4) is 0 Å². The summed E-state index contributed by atoms with van der Waals surface area (Å²) in [6.45, 7) is 6.96. The van der Waals surface area contributed by atoms with E-state index in [0.717, 1.165) is 48.4 Å². The molecule has 2 fully saturated rings. The molecular weight excluding hydrogens is 442 g/mol. The molecule has 0 aromatic carbocycles. The van der Waals surface area contributed by atoms with Crippen molar-refractivity contribution in [1.82, 2.24) is 14.6 Å². The van der Waals surface area contributed by atoms with Crippen molar-refractivity contribution in [3.63, 3.8) is 0 Å². The second-order valence-corrected chi connectivity index (χ2v) is 9.99. The Morgan fingerprint density at radius 1 is 1.26 bits per heavy atom. The summed E-state index contributed by atoms with van der Waals surface area (Å²) >= 11 is 0. The van der Waals surface area contributed by atoms with Gasteiger partial charge in [-0.25, -0.2) is 9.50 Å². The number of piperidine rings is 1. The number of aromatic nitrogens is 3. The molecule has 1 aliphatic heterocycles. The van der Waals surface area contributed by atoms with Crippen LogP contribution < -0.4 is 9.64 Å². The molecule has 3 aromatic heterocycles. The Morgan fingerprint density at radius 2 is 2.06 bits per heavy atom.